The van der Waals surface area contributed by atoms with Crippen LogP contribution in [0.5, 0.6) is 0 Å². The molecular weight excluding hydrogens is 227 g/mol. The molecule has 1 amide bonds. The lowest BCUT2D eigenvalue weighted by Crippen LogP contribution is -2.30. The Kier molecular flexibility index (Phi) is 3.95. The van der Waals surface area contributed by atoms with E-state index in [1.807, 2.05) is 0 Å². The summed E-state index contributed by atoms with van der Waals surface area (Å²) >= 11 is 4.71. The highest BCUT2D eigenvalue weighted by molar-refractivity contribution is 7.80. The molecule has 16 heavy (non-hydrogen) atoms. The average Bonchev–Trinajstić information content (AvgIpc) is 2.14. The van der Waals surface area contributed by atoms with Gasteiger partial charge >= 0.3 is 0 Å². The normalized spacial score (nSPS) is 11.9. The summed E-state index contributed by atoms with van der Waals surface area (Å²) in [6.07, 6.45) is 0. The minimum absolute atomic E-state index is 0.116. The van der Waals surface area contributed by atoms with Crippen LogP contribution in [0.1, 0.15) is 12.5 Å². The number of halogens is 1. The lowest BCUT2D eigenvalue weighted by molar-refractivity contribution is -0.117. The molecule has 0 aliphatic heterocycles. The third-order valence-corrected chi connectivity index (χ3v) is 2.48. The second-order valence-corrected chi connectivity index (χ2v) is 4.10. The topological polar surface area (TPSA) is 55.1 Å². The van der Waals surface area contributed by atoms with Gasteiger partial charge in [0.25, 0.3) is 0 Å². The predicted octanol–water partition coefficient (Wildman–Crippen LogP) is 1.99. The van der Waals surface area contributed by atoms with Gasteiger partial charge in [0.2, 0.25) is 5.91 Å². The van der Waals surface area contributed by atoms with Gasteiger partial charge in [-0.05, 0) is 37.6 Å². The zero-order valence-electron chi connectivity index (χ0n) is 9.08. The maximum absolute atomic E-state index is 13.0. The third kappa shape index (κ3) is 3.27. The average molecular weight is 240 g/mol. The first kappa shape index (κ1) is 12.6. The van der Waals surface area contributed by atoms with E-state index in [1.54, 1.807) is 19.9 Å². The van der Waals surface area contributed by atoms with E-state index in [1.165, 1.54) is 12.1 Å². The largest absolute Gasteiger partial charge is 0.393 e. The molecule has 3 N–H and O–H groups in total. The van der Waals surface area contributed by atoms with Crippen molar-refractivity contribution in [2.45, 2.75) is 13.8 Å². The van der Waals surface area contributed by atoms with Crippen LogP contribution in [0.25, 0.3) is 0 Å². The molecule has 1 aromatic carbocycles. The van der Waals surface area contributed by atoms with Crippen molar-refractivity contribution in [3.63, 3.8) is 0 Å². The summed E-state index contributed by atoms with van der Waals surface area (Å²) in [4.78, 5) is 11.7. The summed E-state index contributed by atoms with van der Waals surface area (Å²) in [6.45, 7) is 3.35. The molecule has 0 radical (unpaired) electrons. The fraction of sp³-hybridized carbons (Fsp3) is 0.273. The van der Waals surface area contributed by atoms with Gasteiger partial charge < -0.3 is 11.1 Å². The molecule has 0 spiro atoms. The van der Waals surface area contributed by atoms with Crippen LogP contribution in [0.4, 0.5) is 10.1 Å². The van der Waals surface area contributed by atoms with Crippen LogP contribution in [0.15, 0.2) is 18.2 Å². The SMILES string of the molecule is Cc1cc(F)cc(NC(=O)C(C)C(N)=S)c1. The fourth-order valence-electron chi connectivity index (χ4n) is 1.19. The van der Waals surface area contributed by atoms with Crippen molar-refractivity contribution in [2.24, 2.45) is 11.7 Å². The predicted molar refractivity (Wildman–Crippen MR) is 65.7 cm³/mol. The van der Waals surface area contributed by atoms with Gasteiger partial charge in [-0.3, -0.25) is 4.79 Å². The van der Waals surface area contributed by atoms with Crippen molar-refractivity contribution in [3.8, 4) is 0 Å². The van der Waals surface area contributed by atoms with Gasteiger partial charge in [0.05, 0.1) is 10.9 Å². The van der Waals surface area contributed by atoms with Crippen LogP contribution >= 0.6 is 12.2 Å². The molecule has 0 aromatic heterocycles. The standard InChI is InChI=1S/C11H13FN2OS/c1-6-3-8(12)5-9(4-6)14-11(15)7(2)10(13)16/h3-5,7H,1-2H3,(H2,13,16)(H,14,15). The summed E-state index contributed by atoms with van der Waals surface area (Å²) in [5, 5.41) is 2.56. The van der Waals surface area contributed by atoms with Crippen molar-refractivity contribution < 1.29 is 9.18 Å². The molecule has 1 rings (SSSR count). The van der Waals surface area contributed by atoms with Crippen molar-refractivity contribution >= 4 is 28.8 Å². The van der Waals surface area contributed by atoms with Crippen molar-refractivity contribution in [2.75, 3.05) is 5.32 Å². The molecule has 3 nitrogen and oxygen atoms in total. The number of hydrogen-bond acceptors (Lipinski definition) is 2. The molecule has 1 unspecified atom stereocenters. The summed E-state index contributed by atoms with van der Waals surface area (Å²) < 4.78 is 13.0. The number of anilines is 1. The Labute approximate surface area is 98.8 Å². The zero-order valence-corrected chi connectivity index (χ0v) is 9.90. The number of nitrogens with one attached hydrogen (secondary N) is 1. The molecule has 5 heteroatoms. The monoisotopic (exact) mass is 240 g/mol. The Morgan fingerprint density at radius 2 is 2.12 bits per heavy atom. The first-order valence-corrected chi connectivity index (χ1v) is 5.18. The number of carbonyl (C=O) groups excluding carboxylic acids is 1. The number of rotatable bonds is 3. The van der Waals surface area contributed by atoms with Crippen LogP contribution in [-0.2, 0) is 4.79 Å². The second-order valence-electron chi connectivity index (χ2n) is 3.63. The number of benzene rings is 1. The number of hydrogen-bond donors (Lipinski definition) is 2. The van der Waals surface area contributed by atoms with Crippen molar-refractivity contribution in [1.29, 1.82) is 0 Å². The van der Waals surface area contributed by atoms with Crippen molar-refractivity contribution in [3.05, 3.63) is 29.6 Å². The Morgan fingerprint density at radius 3 is 2.62 bits per heavy atom. The van der Waals surface area contributed by atoms with E-state index >= 15 is 0 Å². The Bertz CT molecular complexity index is 414. The van der Waals surface area contributed by atoms with E-state index in [-0.39, 0.29) is 10.9 Å². The summed E-state index contributed by atoms with van der Waals surface area (Å²) in [6, 6.07) is 4.30. The van der Waals surface area contributed by atoms with Crippen LogP contribution < -0.4 is 11.1 Å². The molecule has 0 aliphatic rings. The number of aryl methyl sites for hydroxylation is 1. The summed E-state index contributed by atoms with van der Waals surface area (Å²) in [7, 11) is 0. The van der Waals surface area contributed by atoms with Crippen LogP contribution in [0.2, 0.25) is 0 Å². The second kappa shape index (κ2) is 5.03. The number of carbonyl (C=O) groups is 1. The Hall–Kier alpha value is -1.49. The first-order valence-electron chi connectivity index (χ1n) is 4.77. The van der Waals surface area contributed by atoms with E-state index in [0.717, 1.165) is 5.56 Å². The highest BCUT2D eigenvalue weighted by atomic mass is 32.1. The van der Waals surface area contributed by atoms with Gasteiger partial charge in [-0.2, -0.15) is 0 Å². The van der Waals surface area contributed by atoms with Crippen LogP contribution in [0, 0.1) is 18.7 Å². The number of nitrogens with two attached hydrogens (primary N) is 1. The van der Waals surface area contributed by atoms with Gasteiger partial charge in [-0.1, -0.05) is 12.2 Å². The van der Waals surface area contributed by atoms with Crippen molar-refractivity contribution in [1.82, 2.24) is 0 Å². The number of thiocarbonyl (C=S) groups is 1. The molecule has 1 aromatic rings. The molecular formula is C11H13FN2OS. The van der Waals surface area contributed by atoms with E-state index < -0.39 is 11.7 Å². The van der Waals surface area contributed by atoms with E-state index in [0.29, 0.717) is 5.69 Å². The molecule has 86 valence electrons. The fourth-order valence-corrected chi connectivity index (χ4v) is 1.30. The smallest absolute Gasteiger partial charge is 0.234 e. The minimum atomic E-state index is -0.571. The summed E-state index contributed by atoms with van der Waals surface area (Å²) in [5.74, 6) is -1.30. The first-order chi connectivity index (χ1) is 7.40. The number of amides is 1. The maximum Gasteiger partial charge on any atom is 0.234 e. The maximum atomic E-state index is 13.0. The molecule has 0 aliphatic carbocycles. The lowest BCUT2D eigenvalue weighted by Gasteiger charge is -2.11. The van der Waals surface area contributed by atoms with Crippen LogP contribution in [-0.4, -0.2) is 10.9 Å². The molecule has 0 saturated carbocycles. The Balaban J connectivity index is 2.81. The van der Waals surface area contributed by atoms with E-state index in [2.05, 4.69) is 5.32 Å². The molecule has 0 bridgehead atoms. The van der Waals surface area contributed by atoms with Gasteiger partial charge in [0.15, 0.2) is 0 Å². The molecule has 0 saturated heterocycles. The van der Waals surface area contributed by atoms with Gasteiger partial charge in [-0.15, -0.1) is 0 Å². The van der Waals surface area contributed by atoms with E-state index in [4.69, 9.17) is 18.0 Å². The highest BCUT2D eigenvalue weighted by Crippen LogP contribution is 2.14. The molecule has 0 heterocycles. The Morgan fingerprint density at radius 1 is 1.50 bits per heavy atom. The summed E-state index contributed by atoms with van der Waals surface area (Å²) in [5.41, 5.74) is 6.49. The third-order valence-electron chi connectivity index (χ3n) is 2.13. The minimum Gasteiger partial charge on any atom is -0.393 e. The zero-order chi connectivity index (χ0) is 12.3. The lowest BCUT2D eigenvalue weighted by atomic mass is 10.1. The van der Waals surface area contributed by atoms with Crippen LogP contribution in [0.3, 0.4) is 0 Å². The van der Waals surface area contributed by atoms with Gasteiger partial charge in [-0.25, -0.2) is 4.39 Å². The molecule has 0 fully saturated rings. The van der Waals surface area contributed by atoms with Gasteiger partial charge in [0, 0.05) is 5.69 Å². The molecule has 1 atom stereocenters. The van der Waals surface area contributed by atoms with E-state index in [9.17, 15) is 9.18 Å². The highest BCUT2D eigenvalue weighted by Gasteiger charge is 2.15. The van der Waals surface area contributed by atoms with Gasteiger partial charge in [0.1, 0.15) is 5.82 Å². The quantitative estimate of drug-likeness (QED) is 0.794.